The van der Waals surface area contributed by atoms with Gasteiger partial charge in [0.1, 0.15) is 5.60 Å². The summed E-state index contributed by atoms with van der Waals surface area (Å²) in [5.74, 6) is 1.51. The molecular weight excluding hydrogens is 784 g/mol. The van der Waals surface area contributed by atoms with Crippen LogP contribution in [-0.4, -0.2) is 52.8 Å². The number of carbonyl (C=O) groups excluding carboxylic acids is 1. The van der Waals surface area contributed by atoms with Crippen LogP contribution in [0.15, 0.2) is 0 Å². The summed E-state index contributed by atoms with van der Waals surface area (Å²) in [6.07, 6.45) is -19.5. The van der Waals surface area contributed by atoms with E-state index >= 15 is 0 Å². The van der Waals surface area contributed by atoms with E-state index in [4.69, 9.17) is 0 Å². The minimum atomic E-state index is -5.81. The topological polar surface area (TPSA) is 55.8 Å². The second-order valence-corrected chi connectivity index (χ2v) is 19.8. The molecule has 0 aromatic rings. The van der Waals surface area contributed by atoms with Gasteiger partial charge in [-0.3, -0.25) is 0 Å². The first kappa shape index (κ1) is 46.5. The van der Waals surface area contributed by atoms with Gasteiger partial charge in [0.05, 0.1) is 0 Å². The lowest BCUT2D eigenvalue weighted by Gasteiger charge is -2.42. The Balaban J connectivity index is 0.000000224. The number of hydrogen-bond donors (Lipinski definition) is 1. The average molecular weight is 845 g/mol. The quantitative estimate of drug-likeness (QED) is 0.186. The molecular formula is C41H60F12O4. The second-order valence-electron chi connectivity index (χ2n) is 19.8. The monoisotopic (exact) mass is 844 g/mol. The zero-order valence-electron chi connectivity index (χ0n) is 33.8. The van der Waals surface area contributed by atoms with E-state index in [-0.39, 0.29) is 35.5 Å². The lowest BCUT2D eigenvalue weighted by Crippen LogP contribution is -2.61. The molecule has 0 heterocycles. The highest BCUT2D eigenvalue weighted by Crippen LogP contribution is 2.69. The molecule has 4 bridgehead atoms. The number of fused-ring (bicyclic) bond motifs is 10. The molecule has 6 rings (SSSR count). The molecule has 16 heteroatoms. The summed E-state index contributed by atoms with van der Waals surface area (Å²) in [6.45, 7) is 12.5. The fourth-order valence-corrected chi connectivity index (χ4v) is 13.7. The molecule has 6 aliphatic rings. The van der Waals surface area contributed by atoms with E-state index in [2.05, 4.69) is 37.2 Å². The average Bonchev–Trinajstić information content (AvgIpc) is 3.86. The fourth-order valence-electron chi connectivity index (χ4n) is 13.7. The first-order valence-electron chi connectivity index (χ1n) is 20.8. The van der Waals surface area contributed by atoms with E-state index in [0.717, 1.165) is 44.9 Å². The maximum absolute atomic E-state index is 14.0. The Morgan fingerprint density at radius 1 is 0.544 bits per heavy atom. The van der Waals surface area contributed by atoms with Crippen molar-refractivity contribution in [2.45, 2.75) is 167 Å². The fraction of sp³-hybridized carbons (Fsp3) is 0.976. The number of halogens is 12. The number of hydrogen-bond acceptors (Lipinski definition) is 4. The zero-order valence-corrected chi connectivity index (χ0v) is 33.8. The molecule has 0 saturated heterocycles. The standard InChI is InChI=1S/C23H34F6O3.C18H26F6O/c1-6-7-13-8-12(2)17-14-9-15(16(10-14)18(13)17)11-21(22(24,25)26,23(27,28)29)32-19(30)31-20(3,4)5;1-3-4-10-5-9(2)14-11-6-12(13(7-11)15(10)14)8-16(25,17(19,20)21)18(22,23)24/h12-18H,6-11H2,1-5H3;9-15,25H,3-8H2,1-2H3. The molecule has 57 heavy (non-hydrogen) atoms. The van der Waals surface area contributed by atoms with Gasteiger partial charge in [0.2, 0.25) is 0 Å². The number of alkyl halides is 12. The minimum Gasteiger partial charge on any atom is -0.429 e. The molecule has 0 aromatic carbocycles. The van der Waals surface area contributed by atoms with Crippen molar-refractivity contribution in [1.82, 2.24) is 0 Å². The third-order valence-electron chi connectivity index (χ3n) is 15.2. The van der Waals surface area contributed by atoms with Gasteiger partial charge >= 0.3 is 36.5 Å². The van der Waals surface area contributed by atoms with Crippen LogP contribution in [0, 0.1) is 82.9 Å². The summed E-state index contributed by atoms with van der Waals surface area (Å²) in [5.41, 5.74) is -10.4. The maximum atomic E-state index is 14.0. The van der Waals surface area contributed by atoms with Crippen LogP contribution in [0.2, 0.25) is 0 Å². The third kappa shape index (κ3) is 8.52. The molecule has 332 valence electrons. The Hall–Kier alpha value is -1.61. The van der Waals surface area contributed by atoms with Gasteiger partial charge in [0, 0.05) is 6.42 Å². The van der Waals surface area contributed by atoms with Crippen LogP contribution in [0.4, 0.5) is 57.5 Å². The molecule has 0 aromatic heterocycles. The highest BCUT2D eigenvalue weighted by atomic mass is 19.4. The lowest BCUT2D eigenvalue weighted by atomic mass is 9.68. The highest BCUT2D eigenvalue weighted by molar-refractivity contribution is 5.61. The van der Waals surface area contributed by atoms with Crippen LogP contribution in [0.3, 0.4) is 0 Å². The summed E-state index contributed by atoms with van der Waals surface area (Å²) < 4.78 is 171. The van der Waals surface area contributed by atoms with Crippen molar-refractivity contribution in [3.63, 3.8) is 0 Å². The van der Waals surface area contributed by atoms with Crippen molar-refractivity contribution in [2.24, 2.45) is 82.9 Å². The Bertz CT molecular complexity index is 1370. The van der Waals surface area contributed by atoms with E-state index in [9.17, 15) is 62.6 Å². The SMILES string of the molecule is CCCC1CC(C)C2C3CC(CC(O)(C(F)(F)F)C(F)(F)F)C(C3)C12.CCCC1CC(C)C2C3CC(CC(OC(=O)OC(C)(C)C)(C(F)(F)F)C(F)(F)F)C(C3)C12. The van der Waals surface area contributed by atoms with Gasteiger partial charge in [-0.15, -0.1) is 0 Å². The van der Waals surface area contributed by atoms with Gasteiger partial charge in [-0.25, -0.2) is 4.79 Å². The third-order valence-corrected chi connectivity index (χ3v) is 15.2. The van der Waals surface area contributed by atoms with Gasteiger partial charge in [-0.1, -0.05) is 53.4 Å². The van der Waals surface area contributed by atoms with Crippen molar-refractivity contribution in [1.29, 1.82) is 0 Å². The summed E-state index contributed by atoms with van der Waals surface area (Å²) in [7, 11) is 0. The van der Waals surface area contributed by atoms with Gasteiger partial charge in [-0.05, 0) is 149 Å². The van der Waals surface area contributed by atoms with Gasteiger partial charge in [0.25, 0.3) is 5.60 Å². The molecule has 0 spiro atoms. The Morgan fingerprint density at radius 3 is 1.26 bits per heavy atom. The maximum Gasteiger partial charge on any atom is 0.510 e. The Morgan fingerprint density at radius 2 is 0.930 bits per heavy atom. The van der Waals surface area contributed by atoms with Crippen molar-refractivity contribution in [2.75, 3.05) is 0 Å². The molecule has 0 amide bonds. The Kier molecular flexibility index (Phi) is 12.8. The van der Waals surface area contributed by atoms with Crippen molar-refractivity contribution in [3.8, 4) is 0 Å². The molecule has 1 N–H and O–H groups in total. The van der Waals surface area contributed by atoms with E-state index in [1.165, 1.54) is 20.8 Å². The zero-order chi connectivity index (χ0) is 43.1. The predicted octanol–water partition coefficient (Wildman–Crippen LogP) is 13.1. The van der Waals surface area contributed by atoms with E-state index < -0.39 is 72.3 Å². The smallest absolute Gasteiger partial charge is 0.429 e. The van der Waals surface area contributed by atoms with Crippen LogP contribution in [0.1, 0.15) is 126 Å². The molecule has 0 aliphatic heterocycles. The molecule has 14 atom stereocenters. The summed E-state index contributed by atoms with van der Waals surface area (Å²) >= 11 is 0. The minimum absolute atomic E-state index is 0.104. The van der Waals surface area contributed by atoms with E-state index in [1.807, 2.05) is 0 Å². The largest absolute Gasteiger partial charge is 0.510 e. The van der Waals surface area contributed by atoms with Gasteiger partial charge in [0.15, 0.2) is 0 Å². The van der Waals surface area contributed by atoms with Gasteiger partial charge in [-0.2, -0.15) is 52.7 Å². The molecule has 14 unspecified atom stereocenters. The highest BCUT2D eigenvalue weighted by Gasteiger charge is 2.76. The first-order valence-corrected chi connectivity index (χ1v) is 20.8. The number of ether oxygens (including phenoxy) is 2. The lowest BCUT2D eigenvalue weighted by molar-refractivity contribution is -0.375. The molecule has 0 radical (unpaired) electrons. The van der Waals surface area contributed by atoms with Crippen LogP contribution >= 0.6 is 0 Å². The summed E-state index contributed by atoms with van der Waals surface area (Å²) in [4.78, 5) is 12.0. The van der Waals surface area contributed by atoms with E-state index in [0.29, 0.717) is 54.8 Å². The number of aliphatic hydroxyl groups is 1. The van der Waals surface area contributed by atoms with Crippen molar-refractivity contribution in [3.05, 3.63) is 0 Å². The van der Waals surface area contributed by atoms with Crippen LogP contribution in [0.5, 0.6) is 0 Å². The Labute approximate surface area is 327 Å². The molecule has 4 nitrogen and oxygen atoms in total. The molecule has 6 saturated carbocycles. The van der Waals surface area contributed by atoms with Crippen LogP contribution in [-0.2, 0) is 9.47 Å². The first-order chi connectivity index (χ1) is 25.9. The summed E-state index contributed by atoms with van der Waals surface area (Å²) in [5, 5.41) is 9.58. The predicted molar refractivity (Wildman–Crippen MR) is 186 cm³/mol. The van der Waals surface area contributed by atoms with Gasteiger partial charge < -0.3 is 14.6 Å². The summed E-state index contributed by atoms with van der Waals surface area (Å²) in [6, 6.07) is 0. The van der Waals surface area contributed by atoms with E-state index in [1.54, 1.807) is 0 Å². The molecule has 6 aliphatic carbocycles. The van der Waals surface area contributed by atoms with Crippen LogP contribution < -0.4 is 0 Å². The number of rotatable bonds is 9. The normalized spacial score (nSPS) is 37.9. The van der Waals surface area contributed by atoms with Crippen LogP contribution in [0.25, 0.3) is 0 Å². The molecule has 6 fully saturated rings. The number of carbonyl (C=O) groups is 1. The van der Waals surface area contributed by atoms with Crippen molar-refractivity contribution >= 4 is 6.16 Å². The second kappa shape index (κ2) is 15.7. The van der Waals surface area contributed by atoms with Crippen molar-refractivity contribution < 1.29 is 72.1 Å².